The highest BCUT2D eigenvalue weighted by Crippen LogP contribution is 2.15. The van der Waals surface area contributed by atoms with Crippen molar-refractivity contribution in [2.45, 2.75) is 84.5 Å². The van der Waals surface area contributed by atoms with Crippen molar-refractivity contribution >= 4 is 0 Å². The Morgan fingerprint density at radius 2 is 1.37 bits per heavy atom. The molecule has 2 heteroatoms. The van der Waals surface area contributed by atoms with Crippen LogP contribution in [0, 0.1) is 0 Å². The van der Waals surface area contributed by atoms with Crippen molar-refractivity contribution < 1.29 is 4.74 Å². The molecule has 0 aliphatic carbocycles. The molecule has 0 N–H and O–H groups in total. The van der Waals surface area contributed by atoms with Crippen LogP contribution in [0.25, 0.3) is 0 Å². The molecule has 0 bridgehead atoms. The molecule has 2 rings (SSSR count). The largest absolute Gasteiger partial charge is 0.494 e. The molecule has 0 amide bonds. The maximum absolute atomic E-state index is 5.88. The lowest BCUT2D eigenvalue weighted by molar-refractivity contribution is 0.304. The third-order valence-corrected chi connectivity index (χ3v) is 5.03. The highest BCUT2D eigenvalue weighted by atomic mass is 16.5. The van der Waals surface area contributed by atoms with E-state index in [4.69, 9.17) is 4.74 Å². The highest BCUT2D eigenvalue weighted by Gasteiger charge is 2.00. The van der Waals surface area contributed by atoms with Crippen LogP contribution < -0.4 is 4.74 Å². The van der Waals surface area contributed by atoms with E-state index < -0.39 is 0 Å². The lowest BCUT2D eigenvalue weighted by Crippen LogP contribution is -1.98. The average Bonchev–Trinajstić information content (AvgIpc) is 2.70. The van der Waals surface area contributed by atoms with Gasteiger partial charge in [-0.25, -0.2) is 0 Å². The zero-order chi connectivity index (χ0) is 19.2. The molecule has 2 nitrogen and oxygen atoms in total. The summed E-state index contributed by atoms with van der Waals surface area (Å²) in [6, 6.07) is 13.0. The molecule has 0 fully saturated rings. The standard InChI is InChI=1S/C25H37NO/c1-3-5-6-7-8-9-10-20-27-25-18-14-22(15-19-25)12-16-24-17-13-23(11-4-2)21-26-24/h13-15,17-19,21H,3-12,16,20H2,1-2H3. The third kappa shape index (κ3) is 9.08. The Hall–Kier alpha value is -1.83. The normalized spacial score (nSPS) is 10.9. The number of ether oxygens (including phenoxy) is 1. The van der Waals surface area contributed by atoms with E-state index in [9.17, 15) is 0 Å². The van der Waals surface area contributed by atoms with Gasteiger partial charge in [-0.2, -0.15) is 0 Å². The van der Waals surface area contributed by atoms with Gasteiger partial charge in [0.2, 0.25) is 0 Å². The van der Waals surface area contributed by atoms with Crippen LogP contribution >= 0.6 is 0 Å². The first-order valence-corrected chi connectivity index (χ1v) is 11.0. The van der Waals surface area contributed by atoms with Crippen LogP contribution in [0.1, 0.15) is 82.0 Å². The summed E-state index contributed by atoms with van der Waals surface area (Å²) >= 11 is 0. The van der Waals surface area contributed by atoms with E-state index in [0.717, 1.165) is 38.0 Å². The van der Waals surface area contributed by atoms with Gasteiger partial charge in [-0.15, -0.1) is 0 Å². The van der Waals surface area contributed by atoms with Crippen molar-refractivity contribution in [3.63, 3.8) is 0 Å². The summed E-state index contributed by atoms with van der Waals surface area (Å²) in [4.78, 5) is 4.59. The van der Waals surface area contributed by atoms with Gasteiger partial charge < -0.3 is 4.74 Å². The van der Waals surface area contributed by atoms with Crippen molar-refractivity contribution in [2.75, 3.05) is 6.61 Å². The van der Waals surface area contributed by atoms with Crippen LogP contribution in [0.3, 0.4) is 0 Å². The molecule has 0 atom stereocenters. The van der Waals surface area contributed by atoms with Gasteiger partial charge >= 0.3 is 0 Å². The summed E-state index contributed by atoms with van der Waals surface area (Å²) in [6.45, 7) is 5.30. The molecular formula is C25H37NO. The fraction of sp³-hybridized carbons (Fsp3) is 0.560. The van der Waals surface area contributed by atoms with E-state index in [1.165, 1.54) is 61.8 Å². The van der Waals surface area contributed by atoms with Crippen LogP contribution in [-0.2, 0) is 19.3 Å². The number of pyridine rings is 1. The van der Waals surface area contributed by atoms with E-state index in [1.807, 2.05) is 6.20 Å². The predicted octanol–water partition coefficient (Wildman–Crippen LogP) is 6.95. The highest BCUT2D eigenvalue weighted by molar-refractivity contribution is 5.28. The first kappa shape index (κ1) is 21.5. The molecule has 0 saturated carbocycles. The third-order valence-electron chi connectivity index (χ3n) is 5.03. The lowest BCUT2D eigenvalue weighted by atomic mass is 10.1. The SMILES string of the molecule is CCCCCCCCCOc1ccc(CCc2ccc(CCC)cn2)cc1. The lowest BCUT2D eigenvalue weighted by Gasteiger charge is -2.08. The molecule has 0 unspecified atom stereocenters. The van der Waals surface area contributed by atoms with E-state index >= 15 is 0 Å². The predicted molar refractivity (Wildman–Crippen MR) is 116 cm³/mol. The maximum atomic E-state index is 5.88. The molecule has 1 aromatic heterocycles. The molecule has 148 valence electrons. The summed E-state index contributed by atoms with van der Waals surface area (Å²) in [5, 5.41) is 0. The molecule has 0 aliphatic heterocycles. The molecule has 1 heterocycles. The van der Waals surface area contributed by atoms with Crippen molar-refractivity contribution in [1.82, 2.24) is 4.98 Å². The fourth-order valence-electron chi connectivity index (χ4n) is 3.31. The second-order valence-electron chi connectivity index (χ2n) is 7.52. The second kappa shape index (κ2) is 13.4. The molecule has 2 aromatic rings. The van der Waals surface area contributed by atoms with Gasteiger partial charge in [0.1, 0.15) is 5.75 Å². The van der Waals surface area contributed by atoms with Gasteiger partial charge in [-0.05, 0) is 55.0 Å². The number of hydrogen-bond donors (Lipinski definition) is 0. The van der Waals surface area contributed by atoms with Crippen LogP contribution in [0.15, 0.2) is 42.6 Å². The van der Waals surface area contributed by atoms with Gasteiger partial charge in [-0.1, -0.05) is 77.0 Å². The van der Waals surface area contributed by atoms with E-state index in [0.29, 0.717) is 0 Å². The van der Waals surface area contributed by atoms with Crippen LogP contribution in [0.2, 0.25) is 0 Å². The smallest absolute Gasteiger partial charge is 0.119 e. The number of unbranched alkanes of at least 4 members (excludes halogenated alkanes) is 6. The van der Waals surface area contributed by atoms with E-state index in [-0.39, 0.29) is 0 Å². The number of benzene rings is 1. The number of aryl methyl sites for hydroxylation is 3. The summed E-state index contributed by atoms with van der Waals surface area (Å²) < 4.78 is 5.88. The Morgan fingerprint density at radius 3 is 2.04 bits per heavy atom. The molecule has 1 aromatic carbocycles. The van der Waals surface area contributed by atoms with Gasteiger partial charge in [0.15, 0.2) is 0 Å². The van der Waals surface area contributed by atoms with E-state index in [2.05, 4.69) is 55.2 Å². The fourth-order valence-corrected chi connectivity index (χ4v) is 3.31. The molecule has 0 aliphatic rings. The van der Waals surface area contributed by atoms with Crippen molar-refractivity contribution in [2.24, 2.45) is 0 Å². The summed E-state index contributed by atoms with van der Waals surface area (Å²) in [5.74, 6) is 0.992. The number of hydrogen-bond acceptors (Lipinski definition) is 2. The van der Waals surface area contributed by atoms with Crippen molar-refractivity contribution in [3.8, 4) is 5.75 Å². The Balaban J connectivity index is 1.61. The molecular weight excluding hydrogens is 330 g/mol. The first-order chi connectivity index (χ1) is 13.3. The van der Waals surface area contributed by atoms with E-state index in [1.54, 1.807) is 0 Å². The van der Waals surface area contributed by atoms with Crippen LogP contribution in [-0.4, -0.2) is 11.6 Å². The van der Waals surface area contributed by atoms with Crippen molar-refractivity contribution in [1.29, 1.82) is 0 Å². The number of nitrogens with zero attached hydrogens (tertiary/aromatic N) is 1. The van der Waals surface area contributed by atoms with Crippen LogP contribution in [0.4, 0.5) is 0 Å². The van der Waals surface area contributed by atoms with Gasteiger partial charge in [-0.3, -0.25) is 4.98 Å². The van der Waals surface area contributed by atoms with Crippen molar-refractivity contribution in [3.05, 3.63) is 59.4 Å². The molecule has 0 radical (unpaired) electrons. The Kier molecular flexibility index (Phi) is 10.6. The maximum Gasteiger partial charge on any atom is 0.119 e. The quantitative estimate of drug-likeness (QED) is 0.337. The molecule has 27 heavy (non-hydrogen) atoms. The molecule has 0 saturated heterocycles. The Bertz CT molecular complexity index is 603. The molecule has 0 spiro atoms. The summed E-state index contributed by atoms with van der Waals surface area (Å²) in [6.07, 6.45) is 15.6. The minimum absolute atomic E-state index is 0.834. The minimum Gasteiger partial charge on any atom is -0.494 e. The summed E-state index contributed by atoms with van der Waals surface area (Å²) in [5.41, 5.74) is 3.86. The summed E-state index contributed by atoms with van der Waals surface area (Å²) in [7, 11) is 0. The number of rotatable bonds is 14. The first-order valence-electron chi connectivity index (χ1n) is 11.0. The van der Waals surface area contributed by atoms with Gasteiger partial charge in [0, 0.05) is 11.9 Å². The van der Waals surface area contributed by atoms with Gasteiger partial charge in [0.05, 0.1) is 6.61 Å². The second-order valence-corrected chi connectivity index (χ2v) is 7.52. The van der Waals surface area contributed by atoms with Crippen LogP contribution in [0.5, 0.6) is 5.75 Å². The zero-order valence-electron chi connectivity index (χ0n) is 17.4. The Morgan fingerprint density at radius 1 is 0.667 bits per heavy atom. The monoisotopic (exact) mass is 367 g/mol. The minimum atomic E-state index is 0.834. The Labute approximate surface area is 166 Å². The topological polar surface area (TPSA) is 22.1 Å². The number of aromatic nitrogens is 1. The average molecular weight is 368 g/mol. The van der Waals surface area contributed by atoms with Gasteiger partial charge in [0.25, 0.3) is 0 Å². The zero-order valence-corrected chi connectivity index (χ0v) is 17.4.